The number of anilines is 2. The monoisotopic (exact) mass is 371 g/mol. The lowest BCUT2D eigenvalue weighted by atomic mass is 10.2. The molecule has 8 nitrogen and oxygen atoms in total. The summed E-state index contributed by atoms with van der Waals surface area (Å²) in [6.45, 7) is 4.25. The smallest absolute Gasteiger partial charge is 0.355 e. The van der Waals surface area contributed by atoms with Crippen molar-refractivity contribution < 1.29 is 23.9 Å². The molecule has 1 aromatic heterocycles. The van der Waals surface area contributed by atoms with Gasteiger partial charge in [0, 0.05) is 37.1 Å². The molecule has 0 spiro atoms. The summed E-state index contributed by atoms with van der Waals surface area (Å²) in [5.41, 5.74) is 1.67. The predicted molar refractivity (Wildman–Crippen MR) is 99.7 cm³/mol. The van der Waals surface area contributed by atoms with Crippen LogP contribution in [0.1, 0.15) is 41.6 Å². The lowest BCUT2D eigenvalue weighted by Crippen LogP contribution is -2.30. The lowest BCUT2D eigenvalue weighted by Gasteiger charge is -2.14. The van der Waals surface area contributed by atoms with E-state index in [1.54, 1.807) is 31.3 Å². The van der Waals surface area contributed by atoms with Crippen LogP contribution in [-0.2, 0) is 21.4 Å². The van der Waals surface area contributed by atoms with E-state index in [2.05, 4.69) is 10.6 Å². The van der Waals surface area contributed by atoms with Crippen molar-refractivity contribution in [1.29, 1.82) is 0 Å². The van der Waals surface area contributed by atoms with Gasteiger partial charge in [0.2, 0.25) is 5.91 Å². The van der Waals surface area contributed by atoms with E-state index in [0.29, 0.717) is 16.9 Å². The average molecular weight is 371 g/mol. The molecule has 0 aliphatic heterocycles. The number of carbonyl (C=O) groups is 4. The third kappa shape index (κ3) is 5.27. The Morgan fingerprint density at radius 3 is 2.04 bits per heavy atom. The van der Waals surface area contributed by atoms with E-state index in [4.69, 9.17) is 4.74 Å². The van der Waals surface area contributed by atoms with Gasteiger partial charge in [-0.25, -0.2) is 4.79 Å². The van der Waals surface area contributed by atoms with Crippen molar-refractivity contribution in [3.63, 3.8) is 0 Å². The fraction of sp³-hybridized carbons (Fsp3) is 0.263. The molecular weight excluding hydrogens is 350 g/mol. The zero-order valence-electron chi connectivity index (χ0n) is 15.5. The number of hydrogen-bond donors (Lipinski definition) is 2. The SMILES string of the molecule is CC(=O)Nc1ccc(NC(=O)[C@@H](C)OC(=O)c2cc(C(C)=O)cn2C)cc1. The van der Waals surface area contributed by atoms with Gasteiger partial charge in [0.05, 0.1) is 0 Å². The van der Waals surface area contributed by atoms with Gasteiger partial charge in [0.1, 0.15) is 5.69 Å². The van der Waals surface area contributed by atoms with Crippen LogP contribution >= 0.6 is 0 Å². The first-order valence-electron chi connectivity index (χ1n) is 8.24. The maximum absolute atomic E-state index is 12.2. The molecule has 0 aliphatic carbocycles. The van der Waals surface area contributed by atoms with E-state index in [0.717, 1.165) is 0 Å². The van der Waals surface area contributed by atoms with Crippen LogP contribution in [0, 0.1) is 0 Å². The van der Waals surface area contributed by atoms with E-state index in [9.17, 15) is 19.2 Å². The number of esters is 1. The molecule has 0 fully saturated rings. The highest BCUT2D eigenvalue weighted by Gasteiger charge is 2.22. The topological polar surface area (TPSA) is 106 Å². The molecule has 2 amide bonds. The Hall–Kier alpha value is -3.42. The van der Waals surface area contributed by atoms with Gasteiger partial charge in [-0.3, -0.25) is 14.4 Å². The minimum atomic E-state index is -1.04. The number of benzene rings is 1. The van der Waals surface area contributed by atoms with Gasteiger partial charge in [-0.1, -0.05) is 0 Å². The number of aryl methyl sites for hydroxylation is 1. The fourth-order valence-electron chi connectivity index (χ4n) is 2.32. The Labute approximate surface area is 156 Å². The Kier molecular flexibility index (Phi) is 6.12. The van der Waals surface area contributed by atoms with Crippen molar-refractivity contribution in [1.82, 2.24) is 4.57 Å². The molecule has 0 saturated carbocycles. The number of carbonyl (C=O) groups excluding carboxylic acids is 4. The van der Waals surface area contributed by atoms with Crippen molar-refractivity contribution in [2.75, 3.05) is 10.6 Å². The Bertz CT molecular complexity index is 883. The molecule has 0 radical (unpaired) electrons. The molecule has 0 saturated heterocycles. The van der Waals surface area contributed by atoms with Gasteiger partial charge < -0.3 is 19.9 Å². The maximum atomic E-state index is 12.2. The molecule has 2 aromatic rings. The first-order valence-corrected chi connectivity index (χ1v) is 8.24. The molecule has 1 heterocycles. The summed E-state index contributed by atoms with van der Waals surface area (Å²) in [7, 11) is 1.62. The molecule has 2 rings (SSSR count). The first-order chi connectivity index (χ1) is 12.7. The van der Waals surface area contributed by atoms with Gasteiger partial charge in [-0.05, 0) is 44.2 Å². The largest absolute Gasteiger partial charge is 0.448 e. The van der Waals surface area contributed by atoms with Crippen molar-refractivity contribution in [3.05, 3.63) is 47.8 Å². The maximum Gasteiger partial charge on any atom is 0.355 e. The highest BCUT2D eigenvalue weighted by atomic mass is 16.5. The average Bonchev–Trinajstić information content (AvgIpc) is 2.98. The highest BCUT2D eigenvalue weighted by Crippen LogP contribution is 2.15. The standard InChI is InChI=1S/C19H21N3O5/c1-11(23)14-9-17(22(4)10-14)19(26)27-12(2)18(25)21-16-7-5-15(6-8-16)20-13(3)24/h5-10,12H,1-4H3,(H,20,24)(H,21,25)/t12-/m1/s1. The summed E-state index contributed by atoms with van der Waals surface area (Å²) >= 11 is 0. The van der Waals surface area contributed by atoms with Crippen molar-refractivity contribution >= 4 is 34.9 Å². The van der Waals surface area contributed by atoms with Gasteiger partial charge in [-0.15, -0.1) is 0 Å². The molecule has 0 aliphatic rings. The number of ketones is 1. The zero-order chi connectivity index (χ0) is 20.1. The Morgan fingerprint density at radius 1 is 1.00 bits per heavy atom. The quantitative estimate of drug-likeness (QED) is 0.599. The molecule has 0 unspecified atom stereocenters. The van der Waals surface area contributed by atoms with Crippen molar-refractivity contribution in [3.8, 4) is 0 Å². The van der Waals surface area contributed by atoms with Crippen LogP contribution in [0.15, 0.2) is 36.5 Å². The number of nitrogens with zero attached hydrogens (tertiary/aromatic N) is 1. The number of rotatable bonds is 6. The summed E-state index contributed by atoms with van der Waals surface area (Å²) in [5.74, 6) is -1.57. The van der Waals surface area contributed by atoms with Gasteiger partial charge in [0.15, 0.2) is 11.9 Å². The van der Waals surface area contributed by atoms with Crippen LogP contribution in [-0.4, -0.2) is 34.2 Å². The van der Waals surface area contributed by atoms with Crippen LogP contribution in [0.3, 0.4) is 0 Å². The minimum Gasteiger partial charge on any atom is -0.448 e. The predicted octanol–water partition coefficient (Wildman–Crippen LogP) is 2.37. The number of ether oxygens (including phenoxy) is 1. The second kappa shape index (κ2) is 8.31. The minimum absolute atomic E-state index is 0.168. The summed E-state index contributed by atoms with van der Waals surface area (Å²) < 4.78 is 6.66. The van der Waals surface area contributed by atoms with E-state index >= 15 is 0 Å². The Morgan fingerprint density at radius 2 is 1.56 bits per heavy atom. The summed E-state index contributed by atoms with van der Waals surface area (Å²) in [5, 5.41) is 5.25. The summed E-state index contributed by atoms with van der Waals surface area (Å²) in [6, 6.07) is 7.94. The Balaban J connectivity index is 1.98. The van der Waals surface area contributed by atoms with E-state index < -0.39 is 18.0 Å². The van der Waals surface area contributed by atoms with E-state index in [1.165, 1.54) is 37.6 Å². The normalized spacial score (nSPS) is 11.4. The van der Waals surface area contributed by atoms with Gasteiger partial charge in [-0.2, -0.15) is 0 Å². The van der Waals surface area contributed by atoms with Crippen molar-refractivity contribution in [2.24, 2.45) is 7.05 Å². The van der Waals surface area contributed by atoms with E-state index in [1.807, 2.05) is 0 Å². The van der Waals surface area contributed by atoms with Crippen LogP contribution in [0.5, 0.6) is 0 Å². The third-order valence-electron chi connectivity index (χ3n) is 3.75. The molecule has 8 heteroatoms. The molecule has 1 aromatic carbocycles. The lowest BCUT2D eigenvalue weighted by molar-refractivity contribution is -0.123. The number of aromatic nitrogens is 1. The van der Waals surface area contributed by atoms with Crippen LogP contribution in [0.4, 0.5) is 11.4 Å². The number of Topliss-reactive ketones (excluding diaryl/α,β-unsaturated/α-hetero) is 1. The number of nitrogens with one attached hydrogen (secondary N) is 2. The summed E-state index contributed by atoms with van der Waals surface area (Å²) in [4.78, 5) is 46.9. The molecule has 142 valence electrons. The van der Waals surface area contributed by atoms with Gasteiger partial charge >= 0.3 is 5.97 Å². The summed E-state index contributed by atoms with van der Waals surface area (Å²) in [6.07, 6.45) is 0.489. The second-order valence-electron chi connectivity index (χ2n) is 6.08. The zero-order valence-corrected chi connectivity index (χ0v) is 15.5. The van der Waals surface area contributed by atoms with Crippen LogP contribution in [0.25, 0.3) is 0 Å². The van der Waals surface area contributed by atoms with E-state index in [-0.39, 0.29) is 17.4 Å². The molecule has 1 atom stereocenters. The van der Waals surface area contributed by atoms with Gasteiger partial charge in [0.25, 0.3) is 5.91 Å². The van der Waals surface area contributed by atoms with Crippen LogP contribution in [0.2, 0.25) is 0 Å². The number of amides is 2. The fourth-order valence-corrected chi connectivity index (χ4v) is 2.32. The van der Waals surface area contributed by atoms with Crippen LogP contribution < -0.4 is 10.6 Å². The van der Waals surface area contributed by atoms with Crippen molar-refractivity contribution in [2.45, 2.75) is 26.9 Å². The third-order valence-corrected chi connectivity index (χ3v) is 3.75. The molecular formula is C19H21N3O5. The molecule has 0 bridgehead atoms. The first kappa shape index (κ1) is 19.9. The highest BCUT2D eigenvalue weighted by molar-refractivity contribution is 5.99. The number of hydrogen-bond acceptors (Lipinski definition) is 5. The molecule has 2 N–H and O–H groups in total. The second-order valence-corrected chi connectivity index (χ2v) is 6.08. The molecule has 27 heavy (non-hydrogen) atoms.